The molecule has 100 valence electrons. The Morgan fingerprint density at radius 3 is 2.89 bits per heavy atom. The molecule has 0 radical (unpaired) electrons. The molecule has 0 saturated carbocycles. The molecule has 0 aliphatic carbocycles. The molecule has 1 atom stereocenters. The summed E-state index contributed by atoms with van der Waals surface area (Å²) in [7, 11) is 0. The SMILES string of the molecule is NCc1nc(CN2CCCC2c2ccccc2)no1. The van der Waals surface area contributed by atoms with Gasteiger partial charge in [0.1, 0.15) is 0 Å². The van der Waals surface area contributed by atoms with E-state index < -0.39 is 0 Å². The third-order valence-electron chi connectivity index (χ3n) is 3.58. The fraction of sp³-hybridized carbons (Fsp3) is 0.429. The lowest BCUT2D eigenvalue weighted by Gasteiger charge is -2.23. The minimum absolute atomic E-state index is 0.301. The highest BCUT2D eigenvalue weighted by Gasteiger charge is 2.26. The highest BCUT2D eigenvalue weighted by Crippen LogP contribution is 2.32. The highest BCUT2D eigenvalue weighted by atomic mass is 16.5. The average Bonchev–Trinajstić information content (AvgIpc) is 3.09. The number of aromatic nitrogens is 2. The normalized spacial score (nSPS) is 19.9. The zero-order valence-corrected chi connectivity index (χ0v) is 10.8. The molecule has 2 aromatic rings. The van der Waals surface area contributed by atoms with Crippen molar-refractivity contribution in [1.29, 1.82) is 0 Å². The van der Waals surface area contributed by atoms with Gasteiger partial charge in [0.2, 0.25) is 5.89 Å². The molecule has 1 unspecified atom stereocenters. The number of nitrogens with two attached hydrogens (primary N) is 1. The van der Waals surface area contributed by atoms with Gasteiger partial charge in [-0.3, -0.25) is 4.90 Å². The maximum atomic E-state index is 5.48. The second-order valence-electron chi connectivity index (χ2n) is 4.85. The van der Waals surface area contributed by atoms with Gasteiger partial charge in [0.15, 0.2) is 5.82 Å². The van der Waals surface area contributed by atoms with E-state index in [0.29, 0.717) is 18.5 Å². The first-order valence-electron chi connectivity index (χ1n) is 6.67. The molecule has 5 heteroatoms. The van der Waals surface area contributed by atoms with Crippen molar-refractivity contribution in [3.05, 3.63) is 47.6 Å². The molecule has 1 fully saturated rings. The third kappa shape index (κ3) is 2.67. The van der Waals surface area contributed by atoms with E-state index >= 15 is 0 Å². The maximum absolute atomic E-state index is 5.48. The number of nitrogens with zero attached hydrogens (tertiary/aromatic N) is 3. The number of hydrogen-bond acceptors (Lipinski definition) is 5. The van der Waals surface area contributed by atoms with Crippen LogP contribution < -0.4 is 5.73 Å². The lowest BCUT2D eigenvalue weighted by atomic mass is 10.0. The number of benzene rings is 1. The van der Waals surface area contributed by atoms with E-state index in [4.69, 9.17) is 10.3 Å². The summed E-state index contributed by atoms with van der Waals surface area (Å²) < 4.78 is 5.05. The van der Waals surface area contributed by atoms with E-state index in [1.807, 2.05) is 0 Å². The van der Waals surface area contributed by atoms with Crippen molar-refractivity contribution in [2.24, 2.45) is 5.73 Å². The van der Waals surface area contributed by atoms with Gasteiger partial charge >= 0.3 is 0 Å². The van der Waals surface area contributed by atoms with Gasteiger partial charge in [0.25, 0.3) is 0 Å². The van der Waals surface area contributed by atoms with Crippen LogP contribution in [0.5, 0.6) is 0 Å². The molecule has 1 aliphatic heterocycles. The zero-order valence-electron chi connectivity index (χ0n) is 10.8. The van der Waals surface area contributed by atoms with Crippen molar-refractivity contribution < 1.29 is 4.52 Å². The van der Waals surface area contributed by atoms with Gasteiger partial charge in [0, 0.05) is 6.04 Å². The van der Waals surface area contributed by atoms with Crippen molar-refractivity contribution in [3.8, 4) is 0 Å². The maximum Gasteiger partial charge on any atom is 0.240 e. The van der Waals surface area contributed by atoms with Gasteiger partial charge in [-0.1, -0.05) is 35.5 Å². The van der Waals surface area contributed by atoms with Crippen molar-refractivity contribution >= 4 is 0 Å². The summed E-state index contributed by atoms with van der Waals surface area (Å²) in [4.78, 5) is 6.68. The van der Waals surface area contributed by atoms with E-state index in [0.717, 1.165) is 18.9 Å². The standard InChI is InChI=1S/C14H18N4O/c15-9-14-16-13(17-19-14)10-18-8-4-7-12(18)11-5-2-1-3-6-11/h1-3,5-6,12H,4,7-10,15H2. The van der Waals surface area contributed by atoms with Gasteiger partial charge < -0.3 is 10.3 Å². The molecule has 0 spiro atoms. The van der Waals surface area contributed by atoms with Crippen LogP contribution in [0.2, 0.25) is 0 Å². The Hall–Kier alpha value is -1.72. The van der Waals surface area contributed by atoms with Crippen molar-refractivity contribution in [3.63, 3.8) is 0 Å². The van der Waals surface area contributed by atoms with Gasteiger partial charge in [-0.2, -0.15) is 4.98 Å². The quantitative estimate of drug-likeness (QED) is 0.906. The topological polar surface area (TPSA) is 68.2 Å². The van der Waals surface area contributed by atoms with Crippen LogP contribution in [0.3, 0.4) is 0 Å². The van der Waals surface area contributed by atoms with Crippen LogP contribution in [0.4, 0.5) is 0 Å². The predicted octanol–water partition coefficient (Wildman–Crippen LogP) is 1.87. The fourth-order valence-corrected chi connectivity index (χ4v) is 2.69. The molecule has 0 amide bonds. The molecule has 2 N–H and O–H groups in total. The van der Waals surface area contributed by atoms with Crippen LogP contribution in [0.15, 0.2) is 34.9 Å². The van der Waals surface area contributed by atoms with Crippen LogP contribution in [0.25, 0.3) is 0 Å². The predicted molar refractivity (Wildman–Crippen MR) is 71.0 cm³/mol. The summed E-state index contributed by atoms with van der Waals surface area (Å²) >= 11 is 0. The Bertz CT molecular complexity index is 525. The molecule has 1 aliphatic rings. The lowest BCUT2D eigenvalue weighted by Crippen LogP contribution is -2.23. The Balaban J connectivity index is 1.73. The van der Waals surface area contributed by atoms with E-state index in [1.165, 1.54) is 18.4 Å². The summed E-state index contributed by atoms with van der Waals surface area (Å²) in [5, 5.41) is 3.97. The van der Waals surface area contributed by atoms with Crippen molar-refractivity contribution in [1.82, 2.24) is 15.0 Å². The zero-order chi connectivity index (χ0) is 13.1. The van der Waals surface area contributed by atoms with Crippen LogP contribution >= 0.6 is 0 Å². The second kappa shape index (κ2) is 5.50. The summed E-state index contributed by atoms with van der Waals surface area (Å²) in [6, 6.07) is 11.1. The molecule has 2 heterocycles. The van der Waals surface area contributed by atoms with E-state index in [-0.39, 0.29) is 0 Å². The molecule has 3 rings (SSSR count). The van der Waals surface area contributed by atoms with Gasteiger partial charge in [-0.15, -0.1) is 0 Å². The molecular weight excluding hydrogens is 240 g/mol. The minimum Gasteiger partial charge on any atom is -0.338 e. The molecule has 1 aromatic heterocycles. The number of likely N-dealkylation sites (tertiary alicyclic amines) is 1. The van der Waals surface area contributed by atoms with E-state index in [2.05, 4.69) is 45.4 Å². The molecule has 1 aromatic carbocycles. The second-order valence-corrected chi connectivity index (χ2v) is 4.85. The molecule has 0 bridgehead atoms. The summed E-state index contributed by atoms with van der Waals surface area (Å²) in [5.74, 6) is 1.23. The first-order chi connectivity index (χ1) is 9.36. The van der Waals surface area contributed by atoms with Gasteiger partial charge in [0.05, 0.1) is 13.1 Å². The fourth-order valence-electron chi connectivity index (χ4n) is 2.69. The molecule has 19 heavy (non-hydrogen) atoms. The summed E-state index contributed by atoms with van der Waals surface area (Å²) in [6.45, 7) is 2.10. The van der Waals surface area contributed by atoms with Gasteiger partial charge in [-0.25, -0.2) is 0 Å². The Kier molecular flexibility index (Phi) is 3.57. The summed E-state index contributed by atoms with van der Waals surface area (Å²) in [6.07, 6.45) is 2.40. The van der Waals surface area contributed by atoms with Crippen molar-refractivity contribution in [2.45, 2.75) is 32.0 Å². The highest BCUT2D eigenvalue weighted by molar-refractivity contribution is 5.20. The largest absolute Gasteiger partial charge is 0.338 e. The van der Waals surface area contributed by atoms with Gasteiger partial charge in [-0.05, 0) is 24.9 Å². The Morgan fingerprint density at radius 2 is 2.16 bits per heavy atom. The Labute approximate surface area is 112 Å². The number of rotatable bonds is 4. The van der Waals surface area contributed by atoms with Crippen LogP contribution in [-0.4, -0.2) is 21.6 Å². The lowest BCUT2D eigenvalue weighted by molar-refractivity contribution is 0.238. The van der Waals surface area contributed by atoms with E-state index in [9.17, 15) is 0 Å². The summed E-state index contributed by atoms with van der Waals surface area (Å²) in [5.41, 5.74) is 6.84. The van der Waals surface area contributed by atoms with E-state index in [1.54, 1.807) is 0 Å². The smallest absolute Gasteiger partial charge is 0.240 e. The van der Waals surface area contributed by atoms with Crippen LogP contribution in [0.1, 0.15) is 36.2 Å². The minimum atomic E-state index is 0.301. The first-order valence-corrected chi connectivity index (χ1v) is 6.67. The van der Waals surface area contributed by atoms with Crippen LogP contribution in [0, 0.1) is 0 Å². The first kappa shape index (κ1) is 12.3. The molecule has 1 saturated heterocycles. The van der Waals surface area contributed by atoms with Crippen LogP contribution in [-0.2, 0) is 13.1 Å². The average molecular weight is 258 g/mol. The Morgan fingerprint density at radius 1 is 1.32 bits per heavy atom. The number of hydrogen-bond donors (Lipinski definition) is 1. The van der Waals surface area contributed by atoms with Crippen molar-refractivity contribution in [2.75, 3.05) is 6.54 Å². The third-order valence-corrected chi connectivity index (χ3v) is 3.58. The molecular formula is C14H18N4O. The monoisotopic (exact) mass is 258 g/mol. The molecule has 5 nitrogen and oxygen atoms in total.